The van der Waals surface area contributed by atoms with Gasteiger partial charge in [0.25, 0.3) is 0 Å². The van der Waals surface area contributed by atoms with E-state index in [1.807, 2.05) is 32.9 Å². The Kier molecular flexibility index (Phi) is 7.38. The summed E-state index contributed by atoms with van der Waals surface area (Å²) in [5.41, 5.74) is 1.000. The maximum atomic E-state index is 11.4. The number of benzene rings is 1. The number of alkyl carbamates (subject to hydrolysis) is 1. The second-order valence-corrected chi connectivity index (χ2v) is 6.13. The molecule has 1 amide bonds. The molecule has 1 aromatic rings. The first-order valence-corrected chi connectivity index (χ1v) is 7.71. The van der Waals surface area contributed by atoms with Crippen LogP contribution in [0.1, 0.15) is 44.0 Å². The van der Waals surface area contributed by atoms with Gasteiger partial charge in [-0.3, -0.25) is 0 Å². The summed E-state index contributed by atoms with van der Waals surface area (Å²) in [7, 11) is 1.36. The number of carbonyl (C=O) groups excluding carboxylic acids is 2. The highest BCUT2D eigenvalue weighted by molar-refractivity contribution is 5.89. The summed E-state index contributed by atoms with van der Waals surface area (Å²) < 4.78 is 9.80. The Bertz CT molecular complexity index is 506. The highest BCUT2D eigenvalue weighted by Gasteiger charge is 2.15. The van der Waals surface area contributed by atoms with Crippen LogP contribution >= 0.6 is 0 Å². The molecular weight excluding hydrogens is 296 g/mol. The van der Waals surface area contributed by atoms with Crippen molar-refractivity contribution in [3.8, 4) is 0 Å². The Labute approximate surface area is 137 Å². The van der Waals surface area contributed by atoms with E-state index in [1.54, 1.807) is 12.1 Å². The molecule has 1 aromatic carbocycles. The summed E-state index contributed by atoms with van der Waals surface area (Å²) in [4.78, 5) is 22.7. The predicted molar refractivity (Wildman–Crippen MR) is 89.7 cm³/mol. The number of amides is 1. The normalized spacial score (nSPS) is 10.8. The van der Waals surface area contributed by atoms with Gasteiger partial charge >= 0.3 is 12.1 Å². The fourth-order valence-electron chi connectivity index (χ4n) is 1.83. The van der Waals surface area contributed by atoms with Crippen LogP contribution in [0.5, 0.6) is 0 Å². The third kappa shape index (κ3) is 8.09. The Morgan fingerprint density at radius 2 is 1.65 bits per heavy atom. The maximum absolute atomic E-state index is 11.4. The SMILES string of the molecule is COC(=O)c1ccc(NCCCCNC(=O)OC(C)(C)C)cc1. The molecule has 1 rings (SSSR count). The third-order valence-electron chi connectivity index (χ3n) is 2.91. The number of hydrogen-bond acceptors (Lipinski definition) is 5. The molecule has 128 valence electrons. The molecule has 2 N–H and O–H groups in total. The molecule has 0 aliphatic rings. The summed E-state index contributed by atoms with van der Waals surface area (Å²) in [6, 6.07) is 7.12. The lowest BCUT2D eigenvalue weighted by molar-refractivity contribution is 0.0526. The average Bonchev–Trinajstić information content (AvgIpc) is 2.48. The van der Waals surface area contributed by atoms with E-state index in [-0.39, 0.29) is 12.1 Å². The molecule has 0 atom stereocenters. The smallest absolute Gasteiger partial charge is 0.407 e. The molecule has 0 aromatic heterocycles. The standard InChI is InChI=1S/C17H26N2O4/c1-17(2,3)23-16(21)19-12-6-5-11-18-14-9-7-13(8-10-14)15(20)22-4/h7-10,18H,5-6,11-12H2,1-4H3,(H,19,21). The number of nitrogens with one attached hydrogen (secondary N) is 2. The topological polar surface area (TPSA) is 76.7 Å². The van der Waals surface area contributed by atoms with Crippen molar-refractivity contribution in [3.63, 3.8) is 0 Å². The van der Waals surface area contributed by atoms with E-state index in [2.05, 4.69) is 15.4 Å². The van der Waals surface area contributed by atoms with Crippen molar-refractivity contribution in [2.24, 2.45) is 0 Å². The summed E-state index contributed by atoms with van der Waals surface area (Å²) in [5.74, 6) is -0.343. The van der Waals surface area contributed by atoms with Crippen molar-refractivity contribution < 1.29 is 19.1 Å². The molecular formula is C17H26N2O4. The molecule has 0 heterocycles. The Balaban J connectivity index is 2.16. The van der Waals surface area contributed by atoms with Gasteiger partial charge in [0.2, 0.25) is 0 Å². The van der Waals surface area contributed by atoms with E-state index in [9.17, 15) is 9.59 Å². The monoisotopic (exact) mass is 322 g/mol. The van der Waals surface area contributed by atoms with Gasteiger partial charge in [0.05, 0.1) is 12.7 Å². The quantitative estimate of drug-likeness (QED) is 0.595. The molecule has 0 saturated heterocycles. The van der Waals surface area contributed by atoms with Gasteiger partial charge in [0, 0.05) is 18.8 Å². The predicted octanol–water partition coefficient (Wildman–Crippen LogP) is 3.19. The van der Waals surface area contributed by atoms with Gasteiger partial charge in [-0.15, -0.1) is 0 Å². The largest absolute Gasteiger partial charge is 0.465 e. The fraction of sp³-hybridized carbons (Fsp3) is 0.529. The van der Waals surface area contributed by atoms with Crippen molar-refractivity contribution in [3.05, 3.63) is 29.8 Å². The summed E-state index contributed by atoms with van der Waals surface area (Å²) in [6.45, 7) is 6.87. The van der Waals surface area contributed by atoms with Crippen molar-refractivity contribution in [1.29, 1.82) is 0 Å². The zero-order valence-electron chi connectivity index (χ0n) is 14.3. The second kappa shape index (κ2) is 9.02. The van der Waals surface area contributed by atoms with Gasteiger partial charge in [-0.1, -0.05) is 0 Å². The van der Waals surface area contributed by atoms with Crippen molar-refractivity contribution in [1.82, 2.24) is 5.32 Å². The Morgan fingerprint density at radius 1 is 1.04 bits per heavy atom. The molecule has 0 aliphatic carbocycles. The zero-order chi connectivity index (χ0) is 17.3. The number of anilines is 1. The van der Waals surface area contributed by atoms with Gasteiger partial charge in [-0.2, -0.15) is 0 Å². The molecule has 0 aliphatic heterocycles. The highest BCUT2D eigenvalue weighted by Crippen LogP contribution is 2.10. The van der Waals surface area contributed by atoms with Crippen LogP contribution in [0.3, 0.4) is 0 Å². The highest BCUT2D eigenvalue weighted by atomic mass is 16.6. The lowest BCUT2D eigenvalue weighted by Crippen LogP contribution is -2.33. The molecule has 6 heteroatoms. The van der Waals surface area contributed by atoms with Crippen LogP contribution in [0, 0.1) is 0 Å². The van der Waals surface area contributed by atoms with Crippen LogP contribution in [-0.2, 0) is 9.47 Å². The van der Waals surface area contributed by atoms with Crippen LogP contribution in [0.4, 0.5) is 10.5 Å². The number of hydrogen-bond donors (Lipinski definition) is 2. The van der Waals surface area contributed by atoms with Crippen molar-refractivity contribution in [2.75, 3.05) is 25.5 Å². The van der Waals surface area contributed by atoms with Crippen LogP contribution < -0.4 is 10.6 Å². The van der Waals surface area contributed by atoms with Gasteiger partial charge in [-0.05, 0) is 57.9 Å². The number of methoxy groups -OCH3 is 1. The molecule has 0 unspecified atom stereocenters. The van der Waals surface area contributed by atoms with E-state index < -0.39 is 5.60 Å². The number of ether oxygens (including phenoxy) is 2. The minimum absolute atomic E-state index is 0.343. The molecule has 6 nitrogen and oxygen atoms in total. The van der Waals surface area contributed by atoms with E-state index >= 15 is 0 Å². The second-order valence-electron chi connectivity index (χ2n) is 6.13. The molecule has 0 spiro atoms. The van der Waals surface area contributed by atoms with E-state index in [0.717, 1.165) is 25.1 Å². The van der Waals surface area contributed by atoms with Crippen LogP contribution in [-0.4, -0.2) is 37.9 Å². The van der Waals surface area contributed by atoms with Crippen molar-refractivity contribution >= 4 is 17.7 Å². The van der Waals surface area contributed by atoms with Gasteiger partial charge in [0.1, 0.15) is 5.60 Å². The van der Waals surface area contributed by atoms with Gasteiger partial charge in [0.15, 0.2) is 0 Å². The van der Waals surface area contributed by atoms with Crippen LogP contribution in [0.15, 0.2) is 24.3 Å². The minimum atomic E-state index is -0.470. The van der Waals surface area contributed by atoms with Gasteiger partial charge < -0.3 is 20.1 Å². The molecule has 0 bridgehead atoms. The third-order valence-corrected chi connectivity index (χ3v) is 2.91. The number of unbranched alkanes of at least 4 members (excludes halogenated alkanes) is 1. The molecule has 0 fully saturated rings. The first kappa shape index (κ1) is 18.8. The number of carbonyl (C=O) groups is 2. The van der Waals surface area contributed by atoms with E-state index in [4.69, 9.17) is 4.74 Å². The molecule has 0 saturated carbocycles. The van der Waals surface area contributed by atoms with E-state index in [0.29, 0.717) is 12.1 Å². The Hall–Kier alpha value is -2.24. The summed E-state index contributed by atoms with van der Waals surface area (Å²) in [5, 5.41) is 5.98. The zero-order valence-corrected chi connectivity index (χ0v) is 14.3. The fourth-order valence-corrected chi connectivity index (χ4v) is 1.83. The number of rotatable bonds is 7. The lowest BCUT2D eigenvalue weighted by atomic mass is 10.2. The van der Waals surface area contributed by atoms with Crippen molar-refractivity contribution in [2.45, 2.75) is 39.2 Å². The van der Waals surface area contributed by atoms with Gasteiger partial charge in [-0.25, -0.2) is 9.59 Å². The Morgan fingerprint density at radius 3 is 2.22 bits per heavy atom. The minimum Gasteiger partial charge on any atom is -0.465 e. The average molecular weight is 322 g/mol. The molecule has 23 heavy (non-hydrogen) atoms. The lowest BCUT2D eigenvalue weighted by Gasteiger charge is -2.19. The van der Waals surface area contributed by atoms with E-state index in [1.165, 1.54) is 7.11 Å². The first-order chi connectivity index (χ1) is 10.8. The maximum Gasteiger partial charge on any atom is 0.407 e. The number of esters is 1. The van der Waals surface area contributed by atoms with Crippen LogP contribution in [0.25, 0.3) is 0 Å². The first-order valence-electron chi connectivity index (χ1n) is 7.71. The summed E-state index contributed by atoms with van der Waals surface area (Å²) >= 11 is 0. The molecule has 0 radical (unpaired) electrons. The summed E-state index contributed by atoms with van der Waals surface area (Å²) in [6.07, 6.45) is 1.38. The van der Waals surface area contributed by atoms with Crippen LogP contribution in [0.2, 0.25) is 0 Å².